The maximum atomic E-state index is 13.0. The molecule has 2 aromatic carbocycles. The van der Waals surface area contributed by atoms with E-state index in [0.29, 0.717) is 28.5 Å². The van der Waals surface area contributed by atoms with Crippen LogP contribution < -0.4 is 10.2 Å². The Kier molecular flexibility index (Phi) is 5.61. The number of hydrogen-bond acceptors (Lipinski definition) is 3. The van der Waals surface area contributed by atoms with Crippen LogP contribution in [-0.4, -0.2) is 22.6 Å². The van der Waals surface area contributed by atoms with Crippen LogP contribution in [0.15, 0.2) is 76.8 Å². The van der Waals surface area contributed by atoms with Gasteiger partial charge in [-0.15, -0.1) is 0 Å². The summed E-state index contributed by atoms with van der Waals surface area (Å²) in [5, 5.41) is 3.53. The second-order valence-electron chi connectivity index (χ2n) is 7.08. The average molecular weight is 436 g/mol. The molecule has 0 spiro atoms. The number of allylic oxidation sites excluding steroid dienone is 3. The lowest BCUT2D eigenvalue weighted by molar-refractivity contribution is -0.118. The molecule has 0 radical (unpaired) electrons. The molecule has 30 heavy (non-hydrogen) atoms. The van der Waals surface area contributed by atoms with E-state index in [9.17, 15) is 9.59 Å². The van der Waals surface area contributed by atoms with Gasteiger partial charge in [-0.25, -0.2) is 4.99 Å². The molecule has 4 rings (SSSR count). The number of rotatable bonds is 4. The molecule has 1 heterocycles. The molecule has 1 aliphatic carbocycles. The predicted octanol–water partition coefficient (Wildman–Crippen LogP) is 4.31. The predicted molar refractivity (Wildman–Crippen MR) is 123 cm³/mol. The fourth-order valence-corrected chi connectivity index (χ4v) is 3.77. The molecule has 0 aromatic heterocycles. The zero-order valence-corrected chi connectivity index (χ0v) is 17.7. The summed E-state index contributed by atoms with van der Waals surface area (Å²) in [6.07, 6.45) is 5.02. The number of amides is 2. The summed E-state index contributed by atoms with van der Waals surface area (Å²) in [6.45, 7) is 2.43. The first kappa shape index (κ1) is 20.2. The van der Waals surface area contributed by atoms with Crippen molar-refractivity contribution < 1.29 is 9.59 Å². The molecule has 0 fully saturated rings. The zero-order chi connectivity index (χ0) is 21.3. The smallest absolute Gasteiger partial charge is 0.251 e. The van der Waals surface area contributed by atoms with Crippen LogP contribution in [0.1, 0.15) is 21.5 Å². The fraction of sp³-hybridized carbons (Fsp3) is 0.130. The molecule has 1 aliphatic heterocycles. The van der Waals surface area contributed by atoms with Gasteiger partial charge in [-0.2, -0.15) is 0 Å². The number of fused-ring (bicyclic) bond motifs is 1. The maximum Gasteiger partial charge on any atom is 0.251 e. The van der Waals surface area contributed by atoms with Crippen LogP contribution in [0.25, 0.3) is 0 Å². The van der Waals surface area contributed by atoms with Crippen molar-refractivity contribution in [3.8, 4) is 0 Å². The van der Waals surface area contributed by atoms with Gasteiger partial charge in [-0.05, 0) is 55.1 Å². The Morgan fingerprint density at radius 3 is 2.77 bits per heavy atom. The molecule has 0 saturated heterocycles. The van der Waals surface area contributed by atoms with E-state index in [1.165, 1.54) is 4.90 Å². The van der Waals surface area contributed by atoms with E-state index < -0.39 is 5.92 Å². The first-order chi connectivity index (χ1) is 14.4. The number of anilines is 1. The van der Waals surface area contributed by atoms with E-state index in [4.69, 9.17) is 23.8 Å². The first-order valence-corrected chi connectivity index (χ1v) is 10.2. The van der Waals surface area contributed by atoms with Gasteiger partial charge in [-0.1, -0.05) is 53.6 Å². The number of aryl methyl sites for hydroxylation is 1. The summed E-state index contributed by atoms with van der Waals surface area (Å²) in [5.74, 6) is -0.999. The molecule has 1 atom stereocenters. The number of hydrogen-bond donors (Lipinski definition) is 1. The van der Waals surface area contributed by atoms with Crippen LogP contribution in [0, 0.1) is 12.8 Å². The highest BCUT2D eigenvalue weighted by Gasteiger charge is 2.35. The quantitative estimate of drug-likeness (QED) is 0.728. The van der Waals surface area contributed by atoms with Crippen molar-refractivity contribution in [3.05, 3.63) is 88.5 Å². The molecular weight excluding hydrogens is 418 g/mol. The van der Waals surface area contributed by atoms with Gasteiger partial charge < -0.3 is 5.32 Å². The minimum atomic E-state index is -0.543. The van der Waals surface area contributed by atoms with Gasteiger partial charge in [0.05, 0.1) is 17.3 Å². The highest BCUT2D eigenvalue weighted by Crippen LogP contribution is 2.28. The Labute approximate surface area is 184 Å². The lowest BCUT2D eigenvalue weighted by atomic mass is 9.95. The summed E-state index contributed by atoms with van der Waals surface area (Å²) in [6, 6.07) is 14.8. The highest BCUT2D eigenvalue weighted by molar-refractivity contribution is 7.80. The molecule has 2 amide bonds. The normalized spacial score (nSPS) is 17.9. The second kappa shape index (κ2) is 8.34. The van der Waals surface area contributed by atoms with Crippen molar-refractivity contribution in [1.29, 1.82) is 0 Å². The van der Waals surface area contributed by atoms with Crippen molar-refractivity contribution in [1.82, 2.24) is 5.32 Å². The van der Waals surface area contributed by atoms with Gasteiger partial charge in [0.25, 0.3) is 5.91 Å². The first-order valence-electron chi connectivity index (χ1n) is 9.38. The number of aliphatic imine (C=N–C) groups is 1. The number of thiocarbonyl (C=S) groups is 1. The molecule has 1 N–H and O–H groups in total. The molecule has 0 saturated carbocycles. The third-order valence-electron chi connectivity index (χ3n) is 4.89. The topological polar surface area (TPSA) is 61.8 Å². The number of carbonyl (C=O) groups is 2. The van der Waals surface area contributed by atoms with Gasteiger partial charge in [-0.3, -0.25) is 14.5 Å². The lowest BCUT2D eigenvalue weighted by Crippen LogP contribution is -2.46. The third-order valence-corrected chi connectivity index (χ3v) is 5.40. The fourth-order valence-electron chi connectivity index (χ4n) is 3.28. The van der Waals surface area contributed by atoms with E-state index in [1.54, 1.807) is 42.5 Å². The number of halogens is 1. The lowest BCUT2D eigenvalue weighted by Gasteiger charge is -2.30. The van der Waals surface area contributed by atoms with Crippen LogP contribution in [-0.2, 0) is 11.3 Å². The largest absolute Gasteiger partial charge is 0.348 e. The van der Waals surface area contributed by atoms with Crippen LogP contribution >= 0.6 is 23.8 Å². The van der Waals surface area contributed by atoms with Crippen LogP contribution in [0.5, 0.6) is 0 Å². The minimum absolute atomic E-state index is 0.125. The number of nitrogens with zero attached hydrogens (tertiary/aromatic N) is 2. The monoisotopic (exact) mass is 435 g/mol. The zero-order valence-electron chi connectivity index (χ0n) is 16.1. The van der Waals surface area contributed by atoms with E-state index in [1.807, 2.05) is 31.2 Å². The molecule has 2 aliphatic rings. The molecule has 1 unspecified atom stereocenters. The standard InChI is InChI=1S/C23H18ClN3O2S/c1-14-5-7-15(8-6-14)13-25-21(28)16-3-2-4-18(11-16)27-22(29)19-10-9-17(24)12-20(19)26-23(27)30/h2-12,19H,13H2,1H3,(H,25,28). The molecule has 2 aromatic rings. The van der Waals surface area contributed by atoms with Crippen LogP contribution in [0.3, 0.4) is 0 Å². The van der Waals surface area contributed by atoms with Gasteiger partial charge in [0, 0.05) is 17.1 Å². The molecule has 5 nitrogen and oxygen atoms in total. The number of benzene rings is 2. The Balaban J connectivity index is 1.53. The molecule has 7 heteroatoms. The highest BCUT2D eigenvalue weighted by atomic mass is 35.5. The van der Waals surface area contributed by atoms with Gasteiger partial charge >= 0.3 is 0 Å². The SMILES string of the molecule is Cc1ccc(CNC(=O)c2cccc(N3C(=O)C4C=CC(Cl)=CC4=NC3=S)c2)cc1. The number of nitrogens with one attached hydrogen (secondary N) is 1. The van der Waals surface area contributed by atoms with E-state index >= 15 is 0 Å². The minimum Gasteiger partial charge on any atom is -0.348 e. The number of carbonyl (C=O) groups excluding carboxylic acids is 2. The maximum absolute atomic E-state index is 13.0. The van der Waals surface area contributed by atoms with Gasteiger partial charge in [0.1, 0.15) is 0 Å². The Morgan fingerprint density at radius 1 is 1.23 bits per heavy atom. The van der Waals surface area contributed by atoms with Gasteiger partial charge in [0.2, 0.25) is 11.0 Å². The average Bonchev–Trinajstić information content (AvgIpc) is 2.73. The van der Waals surface area contributed by atoms with E-state index in [-0.39, 0.29) is 16.9 Å². The van der Waals surface area contributed by atoms with Crippen molar-refractivity contribution in [2.24, 2.45) is 10.9 Å². The third kappa shape index (κ3) is 4.10. The van der Waals surface area contributed by atoms with Crippen molar-refractivity contribution in [2.45, 2.75) is 13.5 Å². The summed E-state index contributed by atoms with van der Waals surface area (Å²) < 4.78 is 0. The Morgan fingerprint density at radius 2 is 2.00 bits per heavy atom. The van der Waals surface area contributed by atoms with E-state index in [0.717, 1.165) is 11.1 Å². The van der Waals surface area contributed by atoms with Crippen LogP contribution in [0.4, 0.5) is 5.69 Å². The Hall–Kier alpha value is -3.09. The van der Waals surface area contributed by atoms with Crippen molar-refractivity contribution in [2.75, 3.05) is 4.90 Å². The molecule has 150 valence electrons. The van der Waals surface area contributed by atoms with Crippen molar-refractivity contribution >= 4 is 52.1 Å². The summed E-state index contributed by atoms with van der Waals surface area (Å²) in [7, 11) is 0. The summed E-state index contributed by atoms with van der Waals surface area (Å²) in [4.78, 5) is 31.4. The van der Waals surface area contributed by atoms with Crippen LogP contribution in [0.2, 0.25) is 0 Å². The second-order valence-corrected chi connectivity index (χ2v) is 7.88. The summed E-state index contributed by atoms with van der Waals surface area (Å²) >= 11 is 11.4. The summed E-state index contributed by atoms with van der Waals surface area (Å²) in [5.41, 5.74) is 3.64. The molecular formula is C23H18ClN3O2S. The Bertz CT molecular complexity index is 1140. The van der Waals surface area contributed by atoms with E-state index in [2.05, 4.69) is 10.3 Å². The van der Waals surface area contributed by atoms with Gasteiger partial charge in [0.15, 0.2) is 0 Å². The van der Waals surface area contributed by atoms with Crippen molar-refractivity contribution in [3.63, 3.8) is 0 Å². The molecule has 0 bridgehead atoms.